The molecule has 1 aliphatic heterocycles. The first-order chi connectivity index (χ1) is 8.45. The molecule has 3 heterocycles. The van der Waals surface area contributed by atoms with Gasteiger partial charge in [-0.2, -0.15) is 0 Å². The van der Waals surface area contributed by atoms with Gasteiger partial charge >= 0.3 is 107 Å². The minimum atomic E-state index is -2.06. The Hall–Kier alpha value is -1.34. The van der Waals surface area contributed by atoms with Crippen LogP contribution in [0.3, 0.4) is 0 Å². The Kier molecular flexibility index (Phi) is 2.03. The van der Waals surface area contributed by atoms with Crippen molar-refractivity contribution in [2.75, 3.05) is 0 Å². The van der Waals surface area contributed by atoms with Gasteiger partial charge in [0.15, 0.2) is 0 Å². The standard InChI is InChI=1S/C8H4O2.C6H5.Bi/c1-3-7(9-5-1)8-4-2-6-10-8;1-2-4-6-5-3-1;/h1-2,5-6H;1-5H;. The third kappa shape index (κ3) is 1.29. The number of furan rings is 2. The van der Waals surface area contributed by atoms with Gasteiger partial charge in [-0.05, 0) is 0 Å². The number of fused-ring (bicyclic) bond motifs is 3. The van der Waals surface area contributed by atoms with Crippen molar-refractivity contribution < 1.29 is 8.83 Å². The van der Waals surface area contributed by atoms with Crippen LogP contribution < -0.4 is 9.81 Å². The summed E-state index contributed by atoms with van der Waals surface area (Å²) in [4.78, 5) is 0. The zero-order valence-electron chi connectivity index (χ0n) is 8.96. The summed E-state index contributed by atoms with van der Waals surface area (Å²) in [5.41, 5.74) is 0. The number of hydrogen-bond donors (Lipinski definition) is 0. The van der Waals surface area contributed by atoms with Gasteiger partial charge in [-0.25, -0.2) is 0 Å². The fraction of sp³-hybridized carbons (Fsp3) is 0. The second-order valence-electron chi connectivity index (χ2n) is 3.94. The van der Waals surface area contributed by atoms with Crippen molar-refractivity contribution in [1.29, 1.82) is 0 Å². The van der Waals surface area contributed by atoms with Gasteiger partial charge in [0.05, 0.1) is 0 Å². The normalized spacial score (nSPS) is 13.6. The van der Waals surface area contributed by atoms with E-state index in [9.17, 15) is 0 Å². The molecule has 3 aromatic rings. The number of hydrogen-bond acceptors (Lipinski definition) is 2. The third-order valence-electron chi connectivity index (χ3n) is 2.99. The Morgan fingerprint density at radius 3 is 1.88 bits per heavy atom. The molecule has 3 heteroatoms. The molecule has 1 aliphatic rings. The summed E-state index contributed by atoms with van der Waals surface area (Å²) in [5.74, 6) is 1.93. The van der Waals surface area contributed by atoms with E-state index in [2.05, 4.69) is 42.5 Å². The zero-order valence-corrected chi connectivity index (χ0v) is 12.4. The molecule has 0 saturated carbocycles. The van der Waals surface area contributed by atoms with E-state index in [1.165, 1.54) is 9.81 Å². The fourth-order valence-corrected chi connectivity index (χ4v) is 11.7. The van der Waals surface area contributed by atoms with E-state index in [0.29, 0.717) is 0 Å². The van der Waals surface area contributed by atoms with Crippen molar-refractivity contribution in [3.8, 4) is 11.5 Å². The van der Waals surface area contributed by atoms with E-state index in [4.69, 9.17) is 8.83 Å². The third-order valence-corrected chi connectivity index (χ3v) is 12.6. The molecule has 2 aromatic heterocycles. The summed E-state index contributed by atoms with van der Waals surface area (Å²) in [6.07, 6.45) is 3.56. The quantitative estimate of drug-likeness (QED) is 0.437. The summed E-state index contributed by atoms with van der Waals surface area (Å²) >= 11 is -2.06. The van der Waals surface area contributed by atoms with Gasteiger partial charge in [0, 0.05) is 0 Å². The Morgan fingerprint density at radius 1 is 0.706 bits per heavy atom. The molecule has 0 bridgehead atoms. The van der Waals surface area contributed by atoms with E-state index in [0.717, 1.165) is 11.5 Å². The summed E-state index contributed by atoms with van der Waals surface area (Å²) in [5, 5.41) is 0. The van der Waals surface area contributed by atoms with Crippen LogP contribution in [0.5, 0.6) is 0 Å². The Labute approximate surface area is 107 Å². The van der Waals surface area contributed by atoms with Gasteiger partial charge in [-0.3, -0.25) is 0 Å². The number of benzene rings is 1. The van der Waals surface area contributed by atoms with Crippen LogP contribution in [-0.2, 0) is 0 Å². The average Bonchev–Trinajstić information content (AvgIpc) is 3.01. The van der Waals surface area contributed by atoms with Crippen molar-refractivity contribution in [3.63, 3.8) is 0 Å². The molecule has 0 unspecified atom stereocenters. The minimum absolute atomic E-state index is 0.964. The summed E-state index contributed by atoms with van der Waals surface area (Å²) in [7, 11) is 0. The second-order valence-corrected chi connectivity index (χ2v) is 12.3. The van der Waals surface area contributed by atoms with Crippen LogP contribution in [0.15, 0.2) is 63.8 Å². The maximum atomic E-state index is 5.57. The van der Waals surface area contributed by atoms with E-state index in [1.807, 2.05) is 0 Å². The van der Waals surface area contributed by atoms with Gasteiger partial charge in [-0.1, -0.05) is 0 Å². The SMILES string of the molecule is c1cc[c]([Bi]2[c]3ccoc3-c3occ[c]32)cc1. The van der Waals surface area contributed by atoms with E-state index >= 15 is 0 Å². The first kappa shape index (κ1) is 9.67. The van der Waals surface area contributed by atoms with Crippen molar-refractivity contribution in [1.82, 2.24) is 0 Å². The van der Waals surface area contributed by atoms with E-state index in [1.54, 1.807) is 12.5 Å². The zero-order chi connectivity index (χ0) is 11.2. The molecule has 0 radical (unpaired) electrons. The molecule has 0 aliphatic carbocycles. The van der Waals surface area contributed by atoms with Gasteiger partial charge in [0.25, 0.3) is 0 Å². The van der Waals surface area contributed by atoms with Crippen LogP contribution in [0.2, 0.25) is 0 Å². The summed E-state index contributed by atoms with van der Waals surface area (Å²) < 4.78 is 15.4. The molecule has 0 amide bonds. The Balaban J connectivity index is 1.99. The first-order valence-corrected chi connectivity index (χ1v) is 10.7. The average molecular weight is 418 g/mol. The van der Waals surface area contributed by atoms with Crippen LogP contribution >= 0.6 is 0 Å². The van der Waals surface area contributed by atoms with Crippen molar-refractivity contribution in [3.05, 3.63) is 55.0 Å². The number of rotatable bonds is 1. The molecular weight excluding hydrogens is 409 g/mol. The van der Waals surface area contributed by atoms with Crippen LogP contribution in [0.1, 0.15) is 0 Å². The van der Waals surface area contributed by atoms with Gasteiger partial charge in [0.2, 0.25) is 0 Å². The molecule has 0 spiro atoms. The van der Waals surface area contributed by atoms with E-state index in [-0.39, 0.29) is 0 Å². The second kappa shape index (κ2) is 3.58. The first-order valence-electron chi connectivity index (χ1n) is 5.46. The van der Waals surface area contributed by atoms with Crippen molar-refractivity contribution >= 4 is 31.6 Å². The summed E-state index contributed by atoms with van der Waals surface area (Å²) in [6, 6.07) is 15.0. The molecule has 17 heavy (non-hydrogen) atoms. The predicted molar refractivity (Wildman–Crippen MR) is 67.5 cm³/mol. The van der Waals surface area contributed by atoms with Crippen molar-refractivity contribution in [2.24, 2.45) is 0 Å². The molecule has 0 N–H and O–H groups in total. The topological polar surface area (TPSA) is 26.3 Å². The molecular formula is C14H9BiO2. The molecule has 0 saturated heterocycles. The summed E-state index contributed by atoms with van der Waals surface area (Å²) in [6.45, 7) is 0. The van der Waals surface area contributed by atoms with Crippen LogP contribution in [0.4, 0.5) is 0 Å². The van der Waals surface area contributed by atoms with Crippen LogP contribution in [-0.4, -0.2) is 21.8 Å². The van der Waals surface area contributed by atoms with Gasteiger partial charge in [-0.15, -0.1) is 0 Å². The van der Waals surface area contributed by atoms with Crippen molar-refractivity contribution in [2.45, 2.75) is 0 Å². The maximum absolute atomic E-state index is 5.57. The Bertz CT molecular complexity index is 626. The molecule has 0 atom stereocenters. The molecule has 2 nitrogen and oxygen atoms in total. The van der Waals surface area contributed by atoms with Gasteiger partial charge in [0.1, 0.15) is 0 Å². The monoisotopic (exact) mass is 418 g/mol. The van der Waals surface area contributed by atoms with Crippen LogP contribution in [0.25, 0.3) is 11.5 Å². The molecule has 4 rings (SSSR count). The Morgan fingerprint density at radius 2 is 1.29 bits per heavy atom. The molecule has 1 aromatic carbocycles. The van der Waals surface area contributed by atoms with E-state index < -0.39 is 21.8 Å². The predicted octanol–water partition coefficient (Wildman–Crippen LogP) is 1.37. The molecule has 0 fully saturated rings. The fourth-order valence-electron chi connectivity index (χ4n) is 2.28. The molecule has 82 valence electrons. The van der Waals surface area contributed by atoms with Gasteiger partial charge < -0.3 is 0 Å². The van der Waals surface area contributed by atoms with Crippen LogP contribution in [0, 0.1) is 0 Å².